The number of nitrogens with one attached hydrogen (secondary N) is 2. The van der Waals surface area contributed by atoms with Crippen LogP contribution >= 0.6 is 0 Å². The largest absolute Gasteiger partial charge is 0.343 e. The van der Waals surface area contributed by atoms with E-state index in [1.54, 1.807) is 18.2 Å². The molecule has 0 saturated carbocycles. The number of hydrogen-bond acceptors (Lipinski definition) is 4. The lowest BCUT2D eigenvalue weighted by Crippen LogP contribution is -2.14. The summed E-state index contributed by atoms with van der Waals surface area (Å²) in [7, 11) is -3.62. The molecule has 0 unspecified atom stereocenters. The van der Waals surface area contributed by atoms with Crippen molar-refractivity contribution in [2.45, 2.75) is 30.6 Å². The molecule has 1 aromatic carbocycles. The molecule has 1 aliphatic carbocycles. The van der Waals surface area contributed by atoms with Crippen molar-refractivity contribution >= 4 is 26.9 Å². The van der Waals surface area contributed by atoms with E-state index in [4.69, 9.17) is 0 Å². The summed E-state index contributed by atoms with van der Waals surface area (Å²) >= 11 is 0. The second-order valence-electron chi connectivity index (χ2n) is 5.74. The number of imidazole rings is 1. The standard InChI is InChI=1S/C16H16N4O2S/c21-23(22,14-6-5-11-3-1-2-4-12(11)7-14)20-13-8-15-16(17-9-13)19-10-18-15/h5-10,20H,1-4H2,(H,17,18,19). The molecule has 2 heterocycles. The second-order valence-corrected chi connectivity index (χ2v) is 7.42. The molecule has 0 spiro atoms. The third-order valence-corrected chi connectivity index (χ3v) is 5.53. The van der Waals surface area contributed by atoms with E-state index in [2.05, 4.69) is 19.7 Å². The summed E-state index contributed by atoms with van der Waals surface area (Å²) in [5.41, 5.74) is 4.06. The van der Waals surface area contributed by atoms with Crippen LogP contribution in [0.3, 0.4) is 0 Å². The molecular formula is C16H16N4O2S. The Hall–Kier alpha value is -2.41. The normalized spacial score (nSPS) is 14.6. The molecule has 0 fully saturated rings. The van der Waals surface area contributed by atoms with Crippen LogP contribution in [-0.2, 0) is 22.9 Å². The molecule has 0 aliphatic heterocycles. The Balaban J connectivity index is 1.66. The van der Waals surface area contributed by atoms with Crippen molar-refractivity contribution in [1.82, 2.24) is 15.0 Å². The lowest BCUT2D eigenvalue weighted by atomic mass is 9.92. The molecule has 0 atom stereocenters. The number of anilines is 1. The van der Waals surface area contributed by atoms with Gasteiger partial charge < -0.3 is 4.98 Å². The SMILES string of the molecule is O=S(=O)(Nc1cnc2nc[nH]c2c1)c1ccc2c(c1)CCCC2. The monoisotopic (exact) mass is 328 g/mol. The smallest absolute Gasteiger partial charge is 0.261 e. The quantitative estimate of drug-likeness (QED) is 0.773. The van der Waals surface area contributed by atoms with Gasteiger partial charge in [0.25, 0.3) is 10.0 Å². The Morgan fingerprint density at radius 1 is 1.04 bits per heavy atom. The minimum absolute atomic E-state index is 0.294. The number of benzene rings is 1. The average molecular weight is 328 g/mol. The van der Waals surface area contributed by atoms with E-state index in [-0.39, 0.29) is 0 Å². The number of hydrogen-bond donors (Lipinski definition) is 2. The number of aromatic amines is 1. The van der Waals surface area contributed by atoms with Crippen LogP contribution in [0, 0.1) is 0 Å². The number of pyridine rings is 1. The van der Waals surface area contributed by atoms with Gasteiger partial charge in [0, 0.05) is 0 Å². The summed E-state index contributed by atoms with van der Waals surface area (Å²) in [4.78, 5) is 11.4. The Morgan fingerprint density at radius 2 is 1.87 bits per heavy atom. The molecule has 118 valence electrons. The first-order chi connectivity index (χ1) is 11.1. The molecule has 0 saturated heterocycles. The highest BCUT2D eigenvalue weighted by Crippen LogP contribution is 2.25. The number of nitrogens with zero attached hydrogens (tertiary/aromatic N) is 2. The number of aryl methyl sites for hydroxylation is 2. The van der Waals surface area contributed by atoms with E-state index in [0.29, 0.717) is 21.7 Å². The number of sulfonamides is 1. The van der Waals surface area contributed by atoms with Crippen molar-refractivity contribution in [2.75, 3.05) is 4.72 Å². The highest BCUT2D eigenvalue weighted by atomic mass is 32.2. The van der Waals surface area contributed by atoms with E-state index in [9.17, 15) is 8.42 Å². The zero-order valence-electron chi connectivity index (χ0n) is 12.4. The van der Waals surface area contributed by atoms with Crippen LogP contribution in [0.2, 0.25) is 0 Å². The second kappa shape index (κ2) is 5.34. The fourth-order valence-corrected chi connectivity index (χ4v) is 4.06. The molecule has 2 aromatic heterocycles. The van der Waals surface area contributed by atoms with Gasteiger partial charge in [-0.15, -0.1) is 0 Å². The first kappa shape index (κ1) is 14.2. The number of aromatic nitrogens is 3. The highest BCUT2D eigenvalue weighted by Gasteiger charge is 2.18. The molecule has 4 rings (SSSR count). The Morgan fingerprint density at radius 3 is 2.74 bits per heavy atom. The lowest BCUT2D eigenvalue weighted by molar-refractivity contribution is 0.600. The van der Waals surface area contributed by atoms with Crippen molar-refractivity contribution in [3.63, 3.8) is 0 Å². The van der Waals surface area contributed by atoms with Crippen molar-refractivity contribution in [2.24, 2.45) is 0 Å². The third kappa shape index (κ3) is 2.68. The molecule has 0 bridgehead atoms. The maximum absolute atomic E-state index is 12.6. The first-order valence-electron chi connectivity index (χ1n) is 7.56. The van der Waals surface area contributed by atoms with Gasteiger partial charge in [-0.1, -0.05) is 6.07 Å². The fraction of sp³-hybridized carbons (Fsp3) is 0.250. The van der Waals surface area contributed by atoms with Crippen LogP contribution < -0.4 is 4.72 Å². The Labute approximate surface area is 134 Å². The predicted octanol–water partition coefficient (Wildman–Crippen LogP) is 2.64. The van der Waals surface area contributed by atoms with Gasteiger partial charge in [-0.25, -0.2) is 18.4 Å². The van der Waals surface area contributed by atoms with E-state index in [1.165, 1.54) is 24.5 Å². The van der Waals surface area contributed by atoms with E-state index in [1.807, 2.05) is 6.07 Å². The zero-order valence-corrected chi connectivity index (χ0v) is 13.2. The van der Waals surface area contributed by atoms with E-state index in [0.717, 1.165) is 24.8 Å². The molecular weight excluding hydrogens is 312 g/mol. The van der Waals surface area contributed by atoms with Crippen LogP contribution in [0.25, 0.3) is 11.2 Å². The maximum Gasteiger partial charge on any atom is 0.261 e. The summed E-state index contributed by atoms with van der Waals surface area (Å²) in [6, 6.07) is 7.08. The number of H-pyrrole nitrogens is 1. The molecule has 0 radical (unpaired) electrons. The van der Waals surface area contributed by atoms with Gasteiger partial charge in [0.2, 0.25) is 0 Å². The lowest BCUT2D eigenvalue weighted by Gasteiger charge is -2.17. The molecule has 1 aliphatic rings. The van der Waals surface area contributed by atoms with E-state index >= 15 is 0 Å². The molecule has 6 nitrogen and oxygen atoms in total. The van der Waals surface area contributed by atoms with E-state index < -0.39 is 10.0 Å². The van der Waals surface area contributed by atoms with Crippen molar-refractivity contribution < 1.29 is 8.42 Å². The van der Waals surface area contributed by atoms with Crippen LogP contribution in [-0.4, -0.2) is 23.4 Å². The summed E-state index contributed by atoms with van der Waals surface area (Å²) in [5, 5.41) is 0. The van der Waals surface area contributed by atoms with Crippen LogP contribution in [0.4, 0.5) is 5.69 Å². The maximum atomic E-state index is 12.6. The van der Waals surface area contributed by atoms with Crippen LogP contribution in [0.1, 0.15) is 24.0 Å². The zero-order chi connectivity index (χ0) is 15.9. The van der Waals surface area contributed by atoms with Gasteiger partial charge in [-0.3, -0.25) is 4.72 Å². The van der Waals surface area contributed by atoms with Crippen LogP contribution in [0.5, 0.6) is 0 Å². The van der Waals surface area contributed by atoms with Gasteiger partial charge in [0.05, 0.1) is 28.6 Å². The van der Waals surface area contributed by atoms with Gasteiger partial charge in [-0.05, 0) is 55.0 Å². The summed E-state index contributed by atoms with van der Waals surface area (Å²) in [6.07, 6.45) is 7.26. The first-order valence-corrected chi connectivity index (χ1v) is 9.04. The van der Waals surface area contributed by atoms with Crippen molar-refractivity contribution in [1.29, 1.82) is 0 Å². The van der Waals surface area contributed by atoms with Gasteiger partial charge in [0.15, 0.2) is 5.65 Å². The highest BCUT2D eigenvalue weighted by molar-refractivity contribution is 7.92. The van der Waals surface area contributed by atoms with Gasteiger partial charge in [-0.2, -0.15) is 0 Å². The number of fused-ring (bicyclic) bond motifs is 2. The molecule has 23 heavy (non-hydrogen) atoms. The van der Waals surface area contributed by atoms with Gasteiger partial charge in [0.1, 0.15) is 0 Å². The fourth-order valence-electron chi connectivity index (χ4n) is 2.98. The summed E-state index contributed by atoms with van der Waals surface area (Å²) in [5.74, 6) is 0. The topological polar surface area (TPSA) is 87.7 Å². The van der Waals surface area contributed by atoms with Crippen molar-refractivity contribution in [3.05, 3.63) is 47.9 Å². The molecule has 3 aromatic rings. The number of rotatable bonds is 3. The minimum atomic E-state index is -3.62. The Kier molecular flexibility index (Phi) is 3.30. The van der Waals surface area contributed by atoms with Crippen molar-refractivity contribution in [3.8, 4) is 0 Å². The van der Waals surface area contributed by atoms with Crippen LogP contribution in [0.15, 0.2) is 41.7 Å². The predicted molar refractivity (Wildman–Crippen MR) is 87.8 cm³/mol. The minimum Gasteiger partial charge on any atom is -0.343 e. The molecule has 2 N–H and O–H groups in total. The molecule has 7 heteroatoms. The molecule has 0 amide bonds. The third-order valence-electron chi connectivity index (χ3n) is 4.16. The average Bonchev–Trinajstić information content (AvgIpc) is 3.01. The summed E-state index contributed by atoms with van der Waals surface area (Å²) in [6.45, 7) is 0. The van der Waals surface area contributed by atoms with Gasteiger partial charge >= 0.3 is 0 Å². The Bertz CT molecular complexity index is 979. The summed E-state index contributed by atoms with van der Waals surface area (Å²) < 4.78 is 27.8.